The molecule has 38 heavy (non-hydrogen) atoms. The first-order chi connectivity index (χ1) is 18.3. The SMILES string of the molecule is Cc1cc(Nc2ncnc3cnc(N4CCC(O)(C(F)F)C4)nc23)ccc1Oc1ccc2c(c1)ncn2C. The summed E-state index contributed by atoms with van der Waals surface area (Å²) in [6.07, 6.45) is 1.77. The van der Waals surface area contributed by atoms with Crippen molar-refractivity contribution in [3.8, 4) is 11.5 Å². The van der Waals surface area contributed by atoms with E-state index in [-0.39, 0.29) is 25.5 Å². The molecule has 12 heteroatoms. The van der Waals surface area contributed by atoms with Gasteiger partial charge in [-0.15, -0.1) is 0 Å². The summed E-state index contributed by atoms with van der Waals surface area (Å²) in [4.78, 5) is 23.3. The maximum absolute atomic E-state index is 13.3. The Balaban J connectivity index is 1.24. The van der Waals surface area contributed by atoms with E-state index in [2.05, 4.69) is 30.2 Å². The summed E-state index contributed by atoms with van der Waals surface area (Å²) in [6, 6.07) is 11.4. The Morgan fingerprint density at radius 1 is 1.08 bits per heavy atom. The van der Waals surface area contributed by atoms with Crippen LogP contribution in [0.2, 0.25) is 0 Å². The lowest BCUT2D eigenvalue weighted by Gasteiger charge is -2.22. The van der Waals surface area contributed by atoms with Crippen molar-refractivity contribution >= 4 is 39.5 Å². The van der Waals surface area contributed by atoms with Crippen LogP contribution in [0.3, 0.4) is 0 Å². The van der Waals surface area contributed by atoms with E-state index in [0.717, 1.165) is 22.3 Å². The standard InChI is InChI=1S/C26H24F2N8O2/c1-15-9-16(3-6-21(15)38-17-4-5-20-18(10-17)32-14-35(20)2)33-23-22-19(30-13-31-23)11-29-25(34-22)36-8-7-26(37,12-36)24(27)28/h3-6,9-11,13-14,24,37H,7-8,12H2,1-2H3,(H,30,31,33). The third-order valence-corrected chi connectivity index (χ3v) is 6.70. The number of imidazole rings is 1. The van der Waals surface area contributed by atoms with Crippen LogP contribution < -0.4 is 15.0 Å². The molecule has 1 atom stereocenters. The number of benzene rings is 2. The Kier molecular flexibility index (Phi) is 5.75. The number of alkyl halides is 2. The van der Waals surface area contributed by atoms with E-state index in [9.17, 15) is 13.9 Å². The molecular formula is C26H24F2N8O2. The monoisotopic (exact) mass is 518 g/mol. The highest BCUT2D eigenvalue weighted by Crippen LogP contribution is 2.33. The minimum Gasteiger partial charge on any atom is -0.457 e. The lowest BCUT2D eigenvalue weighted by Crippen LogP contribution is -2.40. The van der Waals surface area contributed by atoms with E-state index in [1.54, 1.807) is 11.2 Å². The zero-order chi connectivity index (χ0) is 26.4. The number of aryl methyl sites for hydroxylation is 2. The van der Waals surface area contributed by atoms with E-state index in [0.29, 0.717) is 28.4 Å². The molecule has 1 aliphatic heterocycles. The summed E-state index contributed by atoms with van der Waals surface area (Å²) >= 11 is 0. The van der Waals surface area contributed by atoms with Crippen molar-refractivity contribution < 1.29 is 18.6 Å². The summed E-state index contributed by atoms with van der Waals surface area (Å²) in [5.74, 6) is 2.06. The first-order valence-electron chi connectivity index (χ1n) is 12.0. The zero-order valence-electron chi connectivity index (χ0n) is 20.6. The molecule has 3 aromatic heterocycles. The highest BCUT2D eigenvalue weighted by Gasteiger charge is 2.45. The molecule has 0 aliphatic carbocycles. The second-order valence-corrected chi connectivity index (χ2v) is 9.42. The van der Waals surface area contributed by atoms with E-state index in [1.807, 2.05) is 54.9 Å². The van der Waals surface area contributed by atoms with E-state index in [1.165, 1.54) is 12.5 Å². The van der Waals surface area contributed by atoms with Crippen molar-refractivity contribution in [1.29, 1.82) is 0 Å². The van der Waals surface area contributed by atoms with Gasteiger partial charge in [-0.1, -0.05) is 0 Å². The van der Waals surface area contributed by atoms with Crippen LogP contribution in [0.15, 0.2) is 55.2 Å². The molecule has 0 amide bonds. The molecule has 2 N–H and O–H groups in total. The molecule has 1 aliphatic rings. The van der Waals surface area contributed by atoms with Gasteiger partial charge in [-0.25, -0.2) is 33.7 Å². The minimum atomic E-state index is -2.85. The largest absolute Gasteiger partial charge is 0.457 e. The van der Waals surface area contributed by atoms with Crippen molar-refractivity contribution in [2.24, 2.45) is 7.05 Å². The van der Waals surface area contributed by atoms with Gasteiger partial charge in [0.15, 0.2) is 5.82 Å². The number of fused-ring (bicyclic) bond motifs is 2. The second kappa shape index (κ2) is 9.14. The number of hydrogen-bond donors (Lipinski definition) is 2. The summed E-state index contributed by atoms with van der Waals surface area (Å²) in [5.41, 5.74) is 2.38. The number of halogens is 2. The van der Waals surface area contributed by atoms with Crippen LogP contribution in [0, 0.1) is 6.92 Å². The summed E-state index contributed by atoms with van der Waals surface area (Å²) in [7, 11) is 1.94. The number of aromatic nitrogens is 6. The van der Waals surface area contributed by atoms with Crippen LogP contribution in [0.4, 0.5) is 26.2 Å². The predicted octanol–water partition coefficient (Wildman–Crippen LogP) is 4.36. The highest BCUT2D eigenvalue weighted by atomic mass is 19.3. The highest BCUT2D eigenvalue weighted by molar-refractivity contribution is 5.87. The summed E-state index contributed by atoms with van der Waals surface area (Å²) < 4.78 is 34.6. The van der Waals surface area contributed by atoms with Crippen LogP contribution in [0.1, 0.15) is 12.0 Å². The fourth-order valence-electron chi connectivity index (χ4n) is 4.54. The van der Waals surface area contributed by atoms with Crippen LogP contribution in [0.25, 0.3) is 22.1 Å². The first-order valence-corrected chi connectivity index (χ1v) is 12.0. The van der Waals surface area contributed by atoms with Gasteiger partial charge in [-0.3, -0.25) is 0 Å². The first kappa shape index (κ1) is 23.9. The molecule has 194 valence electrons. The lowest BCUT2D eigenvalue weighted by molar-refractivity contribution is -0.0801. The molecule has 0 bridgehead atoms. The Bertz CT molecular complexity index is 1660. The number of ether oxygens (including phenoxy) is 1. The Hall–Kier alpha value is -4.45. The molecule has 6 rings (SSSR count). The molecule has 5 aromatic rings. The maximum Gasteiger partial charge on any atom is 0.268 e. The van der Waals surface area contributed by atoms with Gasteiger partial charge in [0.2, 0.25) is 5.95 Å². The minimum absolute atomic E-state index is 0.0636. The van der Waals surface area contributed by atoms with Crippen LogP contribution >= 0.6 is 0 Å². The molecule has 0 spiro atoms. The number of β-amino-alcohol motifs (C(OH)–C–C–N with tert-alkyl or cyclic N) is 1. The molecule has 10 nitrogen and oxygen atoms in total. The number of aliphatic hydroxyl groups is 1. The maximum atomic E-state index is 13.3. The molecule has 1 unspecified atom stereocenters. The fraction of sp³-hybridized carbons (Fsp3) is 0.269. The quantitative estimate of drug-likeness (QED) is 0.338. The smallest absolute Gasteiger partial charge is 0.268 e. The molecule has 0 saturated carbocycles. The average molecular weight is 519 g/mol. The predicted molar refractivity (Wildman–Crippen MR) is 138 cm³/mol. The number of anilines is 3. The molecule has 1 fully saturated rings. The molecule has 4 heterocycles. The van der Waals surface area contributed by atoms with Gasteiger partial charge in [0, 0.05) is 31.8 Å². The van der Waals surface area contributed by atoms with Crippen molar-refractivity contribution in [3.63, 3.8) is 0 Å². The zero-order valence-corrected chi connectivity index (χ0v) is 20.6. The third kappa shape index (κ3) is 4.32. The van der Waals surface area contributed by atoms with Gasteiger partial charge < -0.3 is 24.6 Å². The normalized spacial score (nSPS) is 17.6. The number of hydrogen-bond acceptors (Lipinski definition) is 9. The molecular weight excluding hydrogens is 494 g/mol. The number of nitrogens with zero attached hydrogens (tertiary/aromatic N) is 7. The van der Waals surface area contributed by atoms with Gasteiger partial charge in [0.1, 0.15) is 34.5 Å². The van der Waals surface area contributed by atoms with Gasteiger partial charge in [-0.05, 0) is 42.8 Å². The molecule has 1 saturated heterocycles. The lowest BCUT2D eigenvalue weighted by atomic mass is 10.1. The number of nitrogens with one attached hydrogen (secondary N) is 1. The van der Waals surface area contributed by atoms with Crippen LogP contribution in [-0.4, -0.2) is 59.7 Å². The number of rotatable bonds is 6. The van der Waals surface area contributed by atoms with E-state index >= 15 is 0 Å². The Morgan fingerprint density at radius 2 is 1.95 bits per heavy atom. The third-order valence-electron chi connectivity index (χ3n) is 6.70. The van der Waals surface area contributed by atoms with E-state index < -0.39 is 12.0 Å². The average Bonchev–Trinajstić information content (AvgIpc) is 3.49. The van der Waals surface area contributed by atoms with Crippen LogP contribution in [0.5, 0.6) is 11.5 Å². The van der Waals surface area contributed by atoms with Crippen molar-refractivity contribution in [1.82, 2.24) is 29.5 Å². The van der Waals surface area contributed by atoms with Gasteiger partial charge in [-0.2, -0.15) is 0 Å². The van der Waals surface area contributed by atoms with E-state index in [4.69, 9.17) is 4.74 Å². The van der Waals surface area contributed by atoms with Gasteiger partial charge in [0.05, 0.1) is 30.1 Å². The van der Waals surface area contributed by atoms with Crippen LogP contribution in [-0.2, 0) is 7.05 Å². The Labute approximate surface area is 216 Å². The van der Waals surface area contributed by atoms with Gasteiger partial charge in [0.25, 0.3) is 6.43 Å². The summed E-state index contributed by atoms with van der Waals surface area (Å²) in [5, 5.41) is 13.4. The van der Waals surface area contributed by atoms with Crippen molar-refractivity contribution in [2.45, 2.75) is 25.4 Å². The molecule has 0 radical (unpaired) electrons. The fourth-order valence-corrected chi connectivity index (χ4v) is 4.54. The summed E-state index contributed by atoms with van der Waals surface area (Å²) in [6.45, 7) is 1.91. The Morgan fingerprint density at radius 3 is 2.74 bits per heavy atom. The van der Waals surface area contributed by atoms with Gasteiger partial charge >= 0.3 is 0 Å². The second-order valence-electron chi connectivity index (χ2n) is 9.42. The van der Waals surface area contributed by atoms with Crippen molar-refractivity contribution in [2.75, 3.05) is 23.3 Å². The van der Waals surface area contributed by atoms with Crippen molar-refractivity contribution in [3.05, 3.63) is 60.8 Å². The topological polar surface area (TPSA) is 114 Å². The molecule has 2 aromatic carbocycles.